The van der Waals surface area contributed by atoms with Gasteiger partial charge in [-0.1, -0.05) is 0 Å². The van der Waals surface area contributed by atoms with E-state index in [1.807, 2.05) is 6.07 Å². The van der Waals surface area contributed by atoms with Crippen LogP contribution in [0.1, 0.15) is 17.4 Å². The molecule has 1 aliphatic heterocycles. The first-order valence-electron chi connectivity index (χ1n) is 5.74. The number of anilines is 1. The molecule has 0 saturated carbocycles. The van der Waals surface area contributed by atoms with E-state index in [0.29, 0.717) is 18.1 Å². The van der Waals surface area contributed by atoms with Crippen molar-refractivity contribution in [1.82, 2.24) is 10.3 Å². The summed E-state index contributed by atoms with van der Waals surface area (Å²) in [5, 5.41) is 2.98. The van der Waals surface area contributed by atoms with Crippen LogP contribution in [0.15, 0.2) is 33.8 Å². The Kier molecular flexibility index (Phi) is 2.64. The Morgan fingerprint density at radius 2 is 2.44 bits per heavy atom. The van der Waals surface area contributed by atoms with Gasteiger partial charge in [-0.3, -0.25) is 9.69 Å². The van der Waals surface area contributed by atoms with Gasteiger partial charge in [0.2, 0.25) is 0 Å². The molecule has 0 aliphatic carbocycles. The Morgan fingerprint density at radius 1 is 1.56 bits per heavy atom. The number of hydrogen-bond acceptors (Lipinski definition) is 5. The largest absolute Gasteiger partial charge is 0.467 e. The normalized spacial score (nSPS) is 19.7. The molecule has 1 aliphatic rings. The van der Waals surface area contributed by atoms with Crippen molar-refractivity contribution < 1.29 is 13.6 Å². The maximum Gasteiger partial charge on any atom is 0.253 e. The van der Waals surface area contributed by atoms with Gasteiger partial charge in [0.05, 0.1) is 6.26 Å². The lowest BCUT2D eigenvalue weighted by molar-refractivity contribution is -0.120. The molecule has 3 heterocycles. The fraction of sp³-hybridized carbons (Fsp3) is 0.333. The second-order valence-corrected chi connectivity index (χ2v) is 4.12. The van der Waals surface area contributed by atoms with Crippen LogP contribution >= 0.6 is 0 Å². The average Bonchev–Trinajstić information content (AvgIpc) is 3.01. The molecule has 6 heteroatoms. The average molecular weight is 247 g/mol. The fourth-order valence-electron chi connectivity index (χ4n) is 2.24. The number of hydrogen-bond donors (Lipinski definition) is 1. The van der Waals surface area contributed by atoms with E-state index >= 15 is 0 Å². The summed E-state index contributed by atoms with van der Waals surface area (Å²) in [7, 11) is 1.74. The highest BCUT2D eigenvalue weighted by Gasteiger charge is 2.33. The molecule has 94 valence electrons. The van der Waals surface area contributed by atoms with Crippen molar-refractivity contribution in [3.8, 4) is 0 Å². The van der Waals surface area contributed by atoms with E-state index in [9.17, 15) is 4.79 Å². The van der Waals surface area contributed by atoms with Gasteiger partial charge in [0.1, 0.15) is 18.1 Å². The van der Waals surface area contributed by atoms with Crippen LogP contribution in [0.3, 0.4) is 0 Å². The van der Waals surface area contributed by atoms with Crippen LogP contribution in [0.5, 0.6) is 0 Å². The minimum Gasteiger partial charge on any atom is -0.467 e. The highest BCUT2D eigenvalue weighted by molar-refractivity contribution is 5.97. The molecule has 0 saturated heterocycles. The Hall–Kier alpha value is -2.08. The summed E-state index contributed by atoms with van der Waals surface area (Å²) in [5.41, 5.74) is 1.05. The number of carbonyl (C=O) groups excluding carboxylic acids is 1. The third kappa shape index (κ3) is 1.62. The molecule has 0 radical (unpaired) electrons. The van der Waals surface area contributed by atoms with Gasteiger partial charge >= 0.3 is 0 Å². The van der Waals surface area contributed by atoms with E-state index in [4.69, 9.17) is 8.83 Å². The smallest absolute Gasteiger partial charge is 0.253 e. The fourth-order valence-corrected chi connectivity index (χ4v) is 2.24. The van der Waals surface area contributed by atoms with E-state index in [-0.39, 0.29) is 5.91 Å². The van der Waals surface area contributed by atoms with Gasteiger partial charge in [0, 0.05) is 6.54 Å². The van der Waals surface area contributed by atoms with Gasteiger partial charge in [-0.15, -0.1) is 0 Å². The maximum atomic E-state index is 12.5. The maximum absolute atomic E-state index is 12.5. The third-order valence-electron chi connectivity index (χ3n) is 3.15. The van der Waals surface area contributed by atoms with Crippen LogP contribution in [0.2, 0.25) is 0 Å². The molecule has 1 N–H and O–H groups in total. The number of aromatic nitrogens is 1. The quantitative estimate of drug-likeness (QED) is 0.861. The van der Waals surface area contributed by atoms with Crippen LogP contribution in [0, 0.1) is 0 Å². The minimum absolute atomic E-state index is 0.0832. The molecular weight excluding hydrogens is 234 g/mol. The molecule has 2 aromatic rings. The van der Waals surface area contributed by atoms with Gasteiger partial charge < -0.3 is 14.2 Å². The first kappa shape index (κ1) is 11.0. The third-order valence-corrected chi connectivity index (χ3v) is 3.15. The van der Waals surface area contributed by atoms with Gasteiger partial charge in [-0.05, 0) is 25.1 Å². The van der Waals surface area contributed by atoms with E-state index in [1.54, 1.807) is 18.2 Å². The molecular formula is C12H13N3O3. The summed E-state index contributed by atoms with van der Waals surface area (Å²) in [6.45, 7) is 0.566. The molecule has 0 bridgehead atoms. The zero-order valence-corrected chi connectivity index (χ0v) is 9.92. The first-order chi connectivity index (χ1) is 8.81. The molecule has 1 unspecified atom stereocenters. The topological polar surface area (TPSA) is 71.5 Å². The second-order valence-electron chi connectivity index (χ2n) is 4.12. The number of amides is 1. The lowest BCUT2D eigenvalue weighted by Gasteiger charge is -2.21. The highest BCUT2D eigenvalue weighted by atomic mass is 16.3. The number of oxazole rings is 1. The van der Waals surface area contributed by atoms with Gasteiger partial charge in [-0.25, -0.2) is 0 Å². The zero-order chi connectivity index (χ0) is 12.5. The van der Waals surface area contributed by atoms with Gasteiger partial charge in [-0.2, -0.15) is 4.98 Å². The van der Waals surface area contributed by atoms with Crippen molar-refractivity contribution in [3.05, 3.63) is 36.3 Å². The number of furan rings is 1. The van der Waals surface area contributed by atoms with Crippen molar-refractivity contribution in [3.63, 3.8) is 0 Å². The van der Waals surface area contributed by atoms with Gasteiger partial charge in [0.25, 0.3) is 5.91 Å². The van der Waals surface area contributed by atoms with Crippen molar-refractivity contribution in [2.75, 3.05) is 18.5 Å². The number of nitrogens with zero attached hydrogens (tertiary/aromatic N) is 2. The number of likely N-dealkylation sites (N-methyl/N-ethyl adjacent to an activating group) is 1. The molecule has 18 heavy (non-hydrogen) atoms. The lowest BCUT2D eigenvalue weighted by Crippen LogP contribution is -2.39. The van der Waals surface area contributed by atoms with Crippen LogP contribution in [0.4, 0.5) is 5.82 Å². The van der Waals surface area contributed by atoms with E-state index in [0.717, 1.165) is 12.0 Å². The van der Waals surface area contributed by atoms with E-state index in [1.165, 1.54) is 12.7 Å². The Labute approximate surface area is 104 Å². The van der Waals surface area contributed by atoms with Crippen molar-refractivity contribution in [1.29, 1.82) is 0 Å². The summed E-state index contributed by atoms with van der Waals surface area (Å²) in [6, 6.07) is 1.42. The van der Waals surface area contributed by atoms with Crippen molar-refractivity contribution in [2.45, 2.75) is 12.5 Å². The molecule has 3 rings (SSSR count). The molecule has 2 aromatic heterocycles. The number of nitrogens with one attached hydrogen (secondary N) is 1. The zero-order valence-electron chi connectivity index (χ0n) is 9.92. The second kappa shape index (κ2) is 4.30. The SMILES string of the molecule is CNC1C(=O)N(c2cocn2)CCc2ccoc21. The van der Waals surface area contributed by atoms with Crippen LogP contribution < -0.4 is 10.2 Å². The molecule has 1 atom stereocenters. The Morgan fingerprint density at radius 3 is 3.17 bits per heavy atom. The van der Waals surface area contributed by atoms with E-state index in [2.05, 4.69) is 10.3 Å². The standard InChI is InChI=1S/C12H13N3O3/c1-13-10-11-8(3-5-18-11)2-4-15(12(10)16)9-6-17-7-14-9/h3,5-7,10,13H,2,4H2,1H3. The van der Waals surface area contributed by atoms with Crippen LogP contribution in [-0.2, 0) is 11.2 Å². The summed E-state index contributed by atoms with van der Waals surface area (Å²) in [6.07, 6.45) is 5.15. The van der Waals surface area contributed by atoms with Crippen molar-refractivity contribution in [2.24, 2.45) is 0 Å². The summed E-state index contributed by atoms with van der Waals surface area (Å²) in [4.78, 5) is 18.1. The predicted molar refractivity (Wildman–Crippen MR) is 63.1 cm³/mol. The highest BCUT2D eigenvalue weighted by Crippen LogP contribution is 2.27. The van der Waals surface area contributed by atoms with Gasteiger partial charge in [0.15, 0.2) is 12.2 Å². The molecule has 6 nitrogen and oxygen atoms in total. The number of fused-ring (bicyclic) bond motifs is 1. The molecule has 0 aromatic carbocycles. The summed E-state index contributed by atoms with van der Waals surface area (Å²) < 4.78 is 10.4. The van der Waals surface area contributed by atoms with Crippen LogP contribution in [-0.4, -0.2) is 24.5 Å². The number of carbonyl (C=O) groups is 1. The molecule has 1 amide bonds. The molecule has 0 spiro atoms. The molecule has 0 fully saturated rings. The predicted octanol–water partition coefficient (Wildman–Crippen LogP) is 1.12. The van der Waals surface area contributed by atoms with Crippen LogP contribution in [0.25, 0.3) is 0 Å². The Bertz CT molecular complexity index is 547. The summed E-state index contributed by atoms with van der Waals surface area (Å²) in [5.74, 6) is 1.14. The number of rotatable bonds is 2. The van der Waals surface area contributed by atoms with Crippen molar-refractivity contribution >= 4 is 11.7 Å². The summed E-state index contributed by atoms with van der Waals surface area (Å²) >= 11 is 0. The Balaban J connectivity index is 1.99. The lowest BCUT2D eigenvalue weighted by atomic mass is 10.1. The minimum atomic E-state index is -0.478. The monoisotopic (exact) mass is 247 g/mol. The first-order valence-corrected chi connectivity index (χ1v) is 5.74. The van der Waals surface area contributed by atoms with E-state index < -0.39 is 6.04 Å².